The number of halogens is 1. The van der Waals surface area contributed by atoms with Crippen molar-refractivity contribution in [3.05, 3.63) is 58.3 Å². The minimum atomic E-state index is -0.314. The van der Waals surface area contributed by atoms with E-state index in [-0.39, 0.29) is 5.24 Å². The Bertz CT molecular complexity index is 442. The molecule has 18 heavy (non-hydrogen) atoms. The largest absolute Gasteiger partial charge is 0.330 e. The molecule has 0 bridgehead atoms. The Balaban J connectivity index is 0.000000184. The lowest BCUT2D eigenvalue weighted by Crippen LogP contribution is -2.00. The Morgan fingerprint density at radius 1 is 1.17 bits per heavy atom. The molecule has 1 aromatic heterocycles. The van der Waals surface area contributed by atoms with Gasteiger partial charge in [0.15, 0.2) is 0 Å². The highest BCUT2D eigenvalue weighted by molar-refractivity contribution is 7.09. The molecule has 0 radical (unpaired) electrons. The molecule has 0 unspecified atom stereocenters. The number of carbonyl (C=O) groups is 1. The topological polar surface area (TPSA) is 43.1 Å². The molecule has 0 saturated carbocycles. The van der Waals surface area contributed by atoms with E-state index in [1.165, 1.54) is 4.88 Å². The fraction of sp³-hybridized carbons (Fsp3) is 0.214. The number of thiophene rings is 1. The van der Waals surface area contributed by atoms with Gasteiger partial charge in [0.2, 0.25) is 5.24 Å². The lowest BCUT2D eigenvalue weighted by molar-refractivity contribution is -0.111. The van der Waals surface area contributed by atoms with Crippen molar-refractivity contribution in [1.82, 2.24) is 0 Å². The molecule has 0 fully saturated rings. The Hall–Kier alpha value is -1.16. The summed E-state index contributed by atoms with van der Waals surface area (Å²) in [5.41, 5.74) is 6.29. The van der Waals surface area contributed by atoms with Crippen molar-refractivity contribution in [3.63, 3.8) is 0 Å². The molecule has 2 nitrogen and oxygen atoms in total. The number of rotatable bonds is 4. The van der Waals surface area contributed by atoms with Crippen LogP contribution in [0.5, 0.6) is 0 Å². The third-order valence-corrected chi connectivity index (χ3v) is 3.23. The molecule has 1 aromatic carbocycles. The molecule has 1 heterocycles. The van der Waals surface area contributed by atoms with E-state index >= 15 is 0 Å². The molecular weight excluding hydrogens is 266 g/mol. The smallest absolute Gasteiger partial charge is 0.226 e. The van der Waals surface area contributed by atoms with E-state index in [0.717, 1.165) is 18.5 Å². The second-order valence-electron chi connectivity index (χ2n) is 3.64. The third kappa shape index (κ3) is 6.55. The van der Waals surface area contributed by atoms with E-state index in [4.69, 9.17) is 17.3 Å². The summed E-state index contributed by atoms with van der Waals surface area (Å²) in [6.45, 7) is 0.764. The summed E-state index contributed by atoms with van der Waals surface area (Å²) in [4.78, 5) is 11.8. The standard InChI is InChI=1S/C8H7ClO.C6H9NS/c9-8(10)6-7-4-2-1-3-5-7;7-4-3-6-2-1-5-8-6/h1-5H,6H2;1-2,5H,3-4,7H2. The summed E-state index contributed by atoms with van der Waals surface area (Å²) in [7, 11) is 0. The predicted octanol–water partition coefficient (Wildman–Crippen LogP) is 3.24. The summed E-state index contributed by atoms with van der Waals surface area (Å²) in [6, 6.07) is 13.6. The Morgan fingerprint density at radius 3 is 2.39 bits per heavy atom. The number of nitrogens with two attached hydrogens (primary N) is 1. The van der Waals surface area contributed by atoms with Crippen LogP contribution in [0.25, 0.3) is 0 Å². The highest BCUT2D eigenvalue weighted by atomic mass is 35.5. The number of hydrogen-bond donors (Lipinski definition) is 1. The molecule has 0 spiro atoms. The van der Waals surface area contributed by atoms with Crippen LogP contribution in [0.1, 0.15) is 10.4 Å². The van der Waals surface area contributed by atoms with Crippen LogP contribution in [0.15, 0.2) is 47.8 Å². The van der Waals surface area contributed by atoms with Gasteiger partial charge >= 0.3 is 0 Å². The van der Waals surface area contributed by atoms with Crippen molar-refractivity contribution in [2.24, 2.45) is 5.73 Å². The first-order valence-corrected chi connectivity index (χ1v) is 6.93. The van der Waals surface area contributed by atoms with Gasteiger partial charge in [0.25, 0.3) is 0 Å². The molecule has 2 N–H and O–H groups in total. The lowest BCUT2D eigenvalue weighted by atomic mass is 10.2. The molecular formula is C14H16ClNOS. The van der Waals surface area contributed by atoms with Gasteiger partial charge in [0.05, 0.1) is 0 Å². The molecule has 0 aliphatic carbocycles. The van der Waals surface area contributed by atoms with Crippen molar-refractivity contribution in [2.75, 3.05) is 6.54 Å². The van der Waals surface area contributed by atoms with Crippen LogP contribution in [0.3, 0.4) is 0 Å². The fourth-order valence-corrected chi connectivity index (χ4v) is 2.23. The van der Waals surface area contributed by atoms with Crippen molar-refractivity contribution < 1.29 is 4.79 Å². The summed E-state index contributed by atoms with van der Waals surface area (Å²) < 4.78 is 0. The Kier molecular flexibility index (Phi) is 7.34. The second-order valence-corrected chi connectivity index (χ2v) is 5.09. The molecule has 96 valence electrons. The van der Waals surface area contributed by atoms with Gasteiger partial charge < -0.3 is 5.73 Å². The molecule has 2 rings (SSSR count). The monoisotopic (exact) mass is 281 g/mol. The van der Waals surface area contributed by atoms with Crippen LogP contribution in [0, 0.1) is 0 Å². The van der Waals surface area contributed by atoms with Crippen LogP contribution < -0.4 is 5.73 Å². The van der Waals surface area contributed by atoms with Crippen LogP contribution in [-0.2, 0) is 17.6 Å². The van der Waals surface area contributed by atoms with E-state index in [1.807, 2.05) is 30.3 Å². The molecule has 0 amide bonds. The summed E-state index contributed by atoms with van der Waals surface area (Å²) in [5, 5.41) is 1.76. The maximum atomic E-state index is 10.4. The highest BCUT2D eigenvalue weighted by Gasteiger charge is 1.96. The normalized spacial score (nSPS) is 9.44. The van der Waals surface area contributed by atoms with Gasteiger partial charge in [-0.2, -0.15) is 0 Å². The zero-order chi connectivity index (χ0) is 13.2. The second kappa shape index (κ2) is 8.86. The zero-order valence-electron chi connectivity index (χ0n) is 10.0. The number of hydrogen-bond acceptors (Lipinski definition) is 3. The van der Waals surface area contributed by atoms with E-state index in [2.05, 4.69) is 17.5 Å². The molecule has 0 atom stereocenters. The van der Waals surface area contributed by atoms with E-state index in [0.29, 0.717) is 6.42 Å². The Labute approximate surface area is 116 Å². The van der Waals surface area contributed by atoms with Crippen LogP contribution >= 0.6 is 22.9 Å². The van der Waals surface area contributed by atoms with Gasteiger partial charge in [-0.3, -0.25) is 4.79 Å². The lowest BCUT2D eigenvalue weighted by Gasteiger charge is -1.92. The summed E-state index contributed by atoms with van der Waals surface area (Å²) >= 11 is 6.94. The van der Waals surface area contributed by atoms with Crippen molar-refractivity contribution in [1.29, 1.82) is 0 Å². The van der Waals surface area contributed by atoms with Crippen molar-refractivity contribution in [3.8, 4) is 0 Å². The molecule has 0 aliphatic heterocycles. The van der Waals surface area contributed by atoms with E-state index in [9.17, 15) is 4.79 Å². The van der Waals surface area contributed by atoms with Crippen molar-refractivity contribution >= 4 is 28.2 Å². The van der Waals surface area contributed by atoms with E-state index in [1.54, 1.807) is 11.3 Å². The van der Waals surface area contributed by atoms with Crippen LogP contribution in [0.2, 0.25) is 0 Å². The zero-order valence-corrected chi connectivity index (χ0v) is 11.6. The van der Waals surface area contributed by atoms with E-state index < -0.39 is 0 Å². The average Bonchev–Trinajstić information content (AvgIpc) is 2.84. The average molecular weight is 282 g/mol. The Morgan fingerprint density at radius 2 is 1.89 bits per heavy atom. The summed E-state index contributed by atoms with van der Waals surface area (Å²) in [5.74, 6) is 0. The summed E-state index contributed by atoms with van der Waals surface area (Å²) in [6.07, 6.45) is 1.35. The first-order valence-electron chi connectivity index (χ1n) is 5.67. The third-order valence-electron chi connectivity index (χ3n) is 2.16. The minimum absolute atomic E-state index is 0.314. The SMILES string of the molecule is NCCc1cccs1.O=C(Cl)Cc1ccccc1. The highest BCUT2D eigenvalue weighted by Crippen LogP contribution is 2.07. The van der Waals surface area contributed by atoms with Crippen LogP contribution in [-0.4, -0.2) is 11.8 Å². The first kappa shape index (κ1) is 14.9. The maximum Gasteiger partial charge on any atom is 0.226 e. The van der Waals surface area contributed by atoms with Gasteiger partial charge in [-0.15, -0.1) is 11.3 Å². The first-order chi connectivity index (χ1) is 8.72. The fourth-order valence-electron chi connectivity index (χ4n) is 1.35. The molecule has 4 heteroatoms. The minimum Gasteiger partial charge on any atom is -0.330 e. The quantitative estimate of drug-likeness (QED) is 0.874. The molecule has 2 aromatic rings. The molecule has 0 saturated heterocycles. The van der Waals surface area contributed by atoms with Gasteiger partial charge in [-0.1, -0.05) is 36.4 Å². The predicted molar refractivity (Wildman–Crippen MR) is 78.1 cm³/mol. The number of benzene rings is 1. The molecule has 0 aliphatic rings. The van der Waals surface area contributed by atoms with Crippen LogP contribution in [0.4, 0.5) is 0 Å². The number of carbonyl (C=O) groups excluding carboxylic acids is 1. The van der Waals surface area contributed by atoms with Gasteiger partial charge in [-0.05, 0) is 41.6 Å². The van der Waals surface area contributed by atoms with Gasteiger partial charge in [0.1, 0.15) is 0 Å². The van der Waals surface area contributed by atoms with Gasteiger partial charge in [-0.25, -0.2) is 0 Å². The maximum absolute atomic E-state index is 10.4. The van der Waals surface area contributed by atoms with Crippen molar-refractivity contribution in [2.45, 2.75) is 12.8 Å². The van der Waals surface area contributed by atoms with Gasteiger partial charge in [0, 0.05) is 11.3 Å².